The fraction of sp³-hybridized carbons (Fsp3) is 0. The fourth-order valence-electron chi connectivity index (χ4n) is 1.10. The molecule has 1 nitrogen and oxygen atoms in total. The quantitative estimate of drug-likeness (QED) is 0.765. The van der Waals surface area contributed by atoms with Gasteiger partial charge in [0, 0.05) is 9.50 Å². The van der Waals surface area contributed by atoms with E-state index >= 15 is 0 Å². The number of fused-ring (bicyclic) bond motifs is 1. The zero-order valence-electron chi connectivity index (χ0n) is 5.97. The van der Waals surface area contributed by atoms with Gasteiger partial charge in [0.25, 0.3) is 0 Å². The van der Waals surface area contributed by atoms with E-state index in [2.05, 4.69) is 15.9 Å². The Morgan fingerprint density at radius 3 is 2.83 bits per heavy atom. The lowest BCUT2D eigenvalue weighted by Crippen LogP contribution is -1.72. The molecule has 0 atom stereocenters. The number of rotatable bonds is 0. The van der Waals surface area contributed by atoms with Crippen LogP contribution >= 0.6 is 38.9 Å². The largest absolute Gasteiger partial charge is 0.391 e. The van der Waals surface area contributed by atoms with Gasteiger partial charge in [0.1, 0.15) is 0 Å². The number of benzene rings is 1. The van der Waals surface area contributed by atoms with Crippen LogP contribution in [0, 0.1) is 0 Å². The van der Waals surface area contributed by atoms with Crippen LogP contribution in [-0.2, 0) is 0 Å². The predicted molar refractivity (Wildman–Crippen MR) is 58.9 cm³/mol. The maximum absolute atomic E-state index is 5.87. The summed E-state index contributed by atoms with van der Waals surface area (Å²) < 4.78 is 2.16. The van der Waals surface area contributed by atoms with E-state index < -0.39 is 0 Å². The molecule has 0 radical (unpaired) electrons. The van der Waals surface area contributed by atoms with Gasteiger partial charge in [-0.3, -0.25) is 0 Å². The van der Waals surface area contributed by atoms with Crippen molar-refractivity contribution in [3.8, 4) is 0 Å². The first-order valence-corrected chi connectivity index (χ1v) is 5.29. The summed E-state index contributed by atoms with van der Waals surface area (Å²) in [6, 6.07) is 5.71. The third kappa shape index (κ3) is 1.32. The summed E-state index contributed by atoms with van der Waals surface area (Å²) >= 11 is 10.9. The number of nitrogen functional groups attached to an aromatic ring is 1. The van der Waals surface area contributed by atoms with Gasteiger partial charge < -0.3 is 5.73 Å². The van der Waals surface area contributed by atoms with Crippen molar-refractivity contribution in [3.05, 3.63) is 27.7 Å². The molecular formula is C8H5BrClNS. The van der Waals surface area contributed by atoms with Crippen LogP contribution in [0.25, 0.3) is 10.1 Å². The van der Waals surface area contributed by atoms with Crippen molar-refractivity contribution in [1.82, 2.24) is 0 Å². The number of halogens is 2. The van der Waals surface area contributed by atoms with E-state index in [0.717, 1.165) is 24.6 Å². The molecule has 0 amide bonds. The molecule has 0 aliphatic rings. The molecular weight excluding hydrogens is 258 g/mol. The van der Waals surface area contributed by atoms with E-state index in [4.69, 9.17) is 17.3 Å². The molecule has 2 aromatic rings. The molecule has 0 aliphatic heterocycles. The van der Waals surface area contributed by atoms with Gasteiger partial charge in [-0.15, -0.1) is 11.3 Å². The van der Waals surface area contributed by atoms with Crippen LogP contribution in [-0.4, -0.2) is 0 Å². The van der Waals surface area contributed by atoms with Crippen molar-refractivity contribution < 1.29 is 0 Å². The Kier molecular flexibility index (Phi) is 2.02. The molecule has 1 heterocycles. The molecule has 1 aromatic carbocycles. The average molecular weight is 263 g/mol. The fourth-order valence-corrected chi connectivity index (χ4v) is 2.99. The number of hydrogen-bond acceptors (Lipinski definition) is 2. The molecule has 0 aliphatic carbocycles. The third-order valence-electron chi connectivity index (χ3n) is 1.55. The molecule has 0 saturated heterocycles. The molecule has 0 spiro atoms. The molecule has 2 N–H and O–H groups in total. The van der Waals surface area contributed by atoms with Gasteiger partial charge in [-0.2, -0.15) is 0 Å². The Balaban J connectivity index is 2.88. The topological polar surface area (TPSA) is 26.0 Å². The molecule has 62 valence electrons. The third-order valence-corrected chi connectivity index (χ3v) is 3.67. The second-order valence-corrected chi connectivity index (χ2v) is 4.83. The molecule has 4 heteroatoms. The molecule has 12 heavy (non-hydrogen) atoms. The van der Waals surface area contributed by atoms with Crippen LogP contribution in [0.5, 0.6) is 0 Å². The lowest BCUT2D eigenvalue weighted by Gasteiger charge is -1.93. The second-order valence-electron chi connectivity index (χ2n) is 2.45. The van der Waals surface area contributed by atoms with Gasteiger partial charge in [-0.25, -0.2) is 0 Å². The summed E-state index contributed by atoms with van der Waals surface area (Å²) in [7, 11) is 0. The van der Waals surface area contributed by atoms with Crippen LogP contribution in [0.3, 0.4) is 0 Å². The van der Waals surface area contributed by atoms with Crippen molar-refractivity contribution in [1.29, 1.82) is 0 Å². The SMILES string of the molecule is Nc1cc2cc(Cl)cc(Br)c2s1. The minimum atomic E-state index is 0.729. The first kappa shape index (κ1) is 8.35. The van der Waals surface area contributed by atoms with Crippen LogP contribution in [0.1, 0.15) is 0 Å². The average Bonchev–Trinajstić information content (AvgIpc) is 2.29. The highest BCUT2D eigenvalue weighted by Gasteiger charge is 2.03. The smallest absolute Gasteiger partial charge is 0.0869 e. The van der Waals surface area contributed by atoms with Crippen molar-refractivity contribution in [2.24, 2.45) is 0 Å². The van der Waals surface area contributed by atoms with Gasteiger partial charge >= 0.3 is 0 Å². The summed E-state index contributed by atoms with van der Waals surface area (Å²) in [4.78, 5) is 0. The van der Waals surface area contributed by atoms with Gasteiger partial charge in [-0.05, 0) is 39.5 Å². The van der Waals surface area contributed by atoms with Gasteiger partial charge in [0.15, 0.2) is 0 Å². The van der Waals surface area contributed by atoms with Crippen molar-refractivity contribution >= 4 is 54.0 Å². The summed E-state index contributed by atoms with van der Waals surface area (Å²) in [5.41, 5.74) is 5.66. The van der Waals surface area contributed by atoms with E-state index in [1.165, 1.54) is 0 Å². The van der Waals surface area contributed by atoms with E-state index in [9.17, 15) is 0 Å². The Morgan fingerprint density at radius 1 is 1.33 bits per heavy atom. The van der Waals surface area contributed by atoms with E-state index in [1.54, 1.807) is 11.3 Å². The normalized spacial score (nSPS) is 10.8. The minimum Gasteiger partial charge on any atom is -0.391 e. The van der Waals surface area contributed by atoms with Gasteiger partial charge in [-0.1, -0.05) is 11.6 Å². The van der Waals surface area contributed by atoms with Crippen molar-refractivity contribution in [2.45, 2.75) is 0 Å². The van der Waals surface area contributed by atoms with Crippen LogP contribution in [0.4, 0.5) is 5.00 Å². The number of nitrogens with two attached hydrogens (primary N) is 1. The standard InChI is InChI=1S/C8H5BrClNS/c9-6-3-5(10)1-4-2-7(11)12-8(4)6/h1-3H,11H2. The van der Waals surface area contributed by atoms with Crippen molar-refractivity contribution in [2.75, 3.05) is 5.73 Å². The Hall–Kier alpha value is -0.250. The van der Waals surface area contributed by atoms with E-state index in [-0.39, 0.29) is 0 Å². The summed E-state index contributed by atoms with van der Waals surface area (Å²) in [5.74, 6) is 0. The van der Waals surface area contributed by atoms with E-state index in [0.29, 0.717) is 0 Å². The molecule has 0 fully saturated rings. The monoisotopic (exact) mass is 261 g/mol. The Morgan fingerprint density at radius 2 is 2.08 bits per heavy atom. The molecule has 0 saturated carbocycles. The number of hydrogen-bond donors (Lipinski definition) is 1. The Labute approximate surface area is 87.3 Å². The molecule has 0 bridgehead atoms. The first-order chi connectivity index (χ1) is 5.66. The zero-order chi connectivity index (χ0) is 8.72. The first-order valence-electron chi connectivity index (χ1n) is 3.31. The maximum Gasteiger partial charge on any atom is 0.0869 e. The molecule has 2 rings (SSSR count). The van der Waals surface area contributed by atoms with E-state index in [1.807, 2.05) is 18.2 Å². The van der Waals surface area contributed by atoms with Gasteiger partial charge in [0.05, 0.1) is 9.70 Å². The lowest BCUT2D eigenvalue weighted by molar-refractivity contribution is 1.79. The highest BCUT2D eigenvalue weighted by molar-refractivity contribution is 9.10. The predicted octanol–water partition coefficient (Wildman–Crippen LogP) is 3.90. The highest BCUT2D eigenvalue weighted by Crippen LogP contribution is 2.35. The highest BCUT2D eigenvalue weighted by atomic mass is 79.9. The summed E-state index contributed by atoms with van der Waals surface area (Å²) in [6.07, 6.45) is 0. The van der Waals surface area contributed by atoms with Crippen LogP contribution in [0.2, 0.25) is 5.02 Å². The Bertz CT molecular complexity index is 438. The van der Waals surface area contributed by atoms with Crippen LogP contribution in [0.15, 0.2) is 22.7 Å². The summed E-state index contributed by atoms with van der Waals surface area (Å²) in [5, 5.41) is 2.64. The second kappa shape index (κ2) is 2.91. The lowest BCUT2D eigenvalue weighted by atomic mass is 10.3. The number of thiophene rings is 1. The summed E-state index contributed by atoms with van der Waals surface area (Å²) in [6.45, 7) is 0. The zero-order valence-corrected chi connectivity index (χ0v) is 9.13. The van der Waals surface area contributed by atoms with Crippen LogP contribution < -0.4 is 5.73 Å². The molecule has 0 unspecified atom stereocenters. The minimum absolute atomic E-state index is 0.729. The van der Waals surface area contributed by atoms with Crippen molar-refractivity contribution in [3.63, 3.8) is 0 Å². The maximum atomic E-state index is 5.87. The molecule has 1 aromatic heterocycles. The number of anilines is 1. The van der Waals surface area contributed by atoms with Gasteiger partial charge in [0.2, 0.25) is 0 Å².